The predicted molar refractivity (Wildman–Crippen MR) is 158 cm³/mol. The fourth-order valence-electron chi connectivity index (χ4n) is 4.34. The van der Waals surface area contributed by atoms with Crippen LogP contribution in [0.15, 0.2) is 83.3 Å². The standard InChI is InChI=1S/C32H32ClNO5S.Li/c1-21-5-3-4-6-26(21)28-19-22(7-13-27(28)31(35)34-29(32(36)37)16-18-40-2)20-38-17-15-25-12-14-30(39-25)23-8-10-24(33)11-9-23;/h3-14,19,29H,15-18,20H2,1-2H3,(H,34,35)(H,36,37);/q;+1/p-1/t29-;/m0./s1. The maximum absolute atomic E-state index is 13.2. The topological polar surface area (TPSA) is 91.6 Å². The van der Waals surface area contributed by atoms with Crippen molar-refractivity contribution in [3.05, 3.63) is 106 Å². The number of ether oxygens (including phenoxy) is 1. The average molecular weight is 584 g/mol. The van der Waals surface area contributed by atoms with Crippen molar-refractivity contribution in [2.45, 2.75) is 32.4 Å². The van der Waals surface area contributed by atoms with E-state index in [9.17, 15) is 14.7 Å². The third kappa shape index (κ3) is 9.03. The summed E-state index contributed by atoms with van der Waals surface area (Å²) in [4.78, 5) is 24.8. The first-order valence-electron chi connectivity index (χ1n) is 13.0. The number of furan rings is 1. The molecule has 1 amide bonds. The Morgan fingerprint density at radius 2 is 1.78 bits per heavy atom. The van der Waals surface area contributed by atoms with E-state index in [0.29, 0.717) is 36.0 Å². The summed E-state index contributed by atoms with van der Waals surface area (Å²) in [6, 6.07) is 23.6. The van der Waals surface area contributed by atoms with E-state index in [0.717, 1.165) is 39.3 Å². The molecule has 0 radical (unpaired) electrons. The number of amides is 1. The molecule has 0 fully saturated rings. The molecule has 4 rings (SSSR count). The zero-order valence-electron chi connectivity index (χ0n) is 23.4. The van der Waals surface area contributed by atoms with Gasteiger partial charge in [-0.2, -0.15) is 11.8 Å². The first kappa shape index (κ1) is 32.6. The minimum Gasteiger partial charge on any atom is -0.548 e. The van der Waals surface area contributed by atoms with Crippen LogP contribution in [0, 0.1) is 6.92 Å². The van der Waals surface area contributed by atoms with E-state index in [2.05, 4.69) is 5.32 Å². The second kappa shape index (κ2) is 15.9. The van der Waals surface area contributed by atoms with Gasteiger partial charge in [0.05, 0.1) is 25.2 Å². The molecule has 0 aliphatic heterocycles. The van der Waals surface area contributed by atoms with Crippen molar-refractivity contribution in [1.82, 2.24) is 5.32 Å². The minimum atomic E-state index is -1.29. The van der Waals surface area contributed by atoms with Gasteiger partial charge in [0.1, 0.15) is 11.5 Å². The van der Waals surface area contributed by atoms with E-state index in [-0.39, 0.29) is 25.3 Å². The largest absolute Gasteiger partial charge is 1.00 e. The molecular formula is C32H31ClLiNO5S. The number of carbonyl (C=O) groups excluding carboxylic acids is 2. The molecule has 41 heavy (non-hydrogen) atoms. The molecule has 4 aromatic rings. The molecule has 1 N–H and O–H groups in total. The molecule has 0 bridgehead atoms. The second-order valence-corrected chi connectivity index (χ2v) is 10.8. The molecule has 9 heteroatoms. The predicted octanol–water partition coefficient (Wildman–Crippen LogP) is 2.94. The normalized spacial score (nSPS) is 11.5. The van der Waals surface area contributed by atoms with Crippen molar-refractivity contribution in [2.75, 3.05) is 18.6 Å². The molecule has 1 aromatic heterocycles. The molecular weight excluding hydrogens is 553 g/mol. The molecule has 6 nitrogen and oxygen atoms in total. The van der Waals surface area contributed by atoms with E-state index in [1.54, 1.807) is 6.07 Å². The number of nitrogens with one attached hydrogen (secondary N) is 1. The molecule has 0 unspecified atom stereocenters. The summed E-state index contributed by atoms with van der Waals surface area (Å²) in [5.74, 6) is 0.455. The number of carboxylic acids is 1. The van der Waals surface area contributed by atoms with E-state index in [4.69, 9.17) is 20.8 Å². The Labute approximate surface area is 262 Å². The summed E-state index contributed by atoms with van der Waals surface area (Å²) in [6.45, 7) is 2.78. The van der Waals surface area contributed by atoms with Crippen LogP contribution >= 0.6 is 23.4 Å². The van der Waals surface area contributed by atoms with Crippen LogP contribution in [0.3, 0.4) is 0 Å². The van der Waals surface area contributed by atoms with Gasteiger partial charge in [0.2, 0.25) is 0 Å². The monoisotopic (exact) mass is 583 g/mol. The van der Waals surface area contributed by atoms with Crippen LogP contribution in [0.4, 0.5) is 0 Å². The Bertz CT molecular complexity index is 1460. The molecule has 0 spiro atoms. The van der Waals surface area contributed by atoms with Crippen molar-refractivity contribution in [2.24, 2.45) is 0 Å². The summed E-state index contributed by atoms with van der Waals surface area (Å²) < 4.78 is 11.9. The number of halogens is 1. The molecule has 208 valence electrons. The maximum atomic E-state index is 13.2. The van der Waals surface area contributed by atoms with Gasteiger partial charge in [-0.3, -0.25) is 4.79 Å². The van der Waals surface area contributed by atoms with Gasteiger partial charge in [-0.25, -0.2) is 0 Å². The van der Waals surface area contributed by atoms with Gasteiger partial charge in [-0.05, 0) is 96.1 Å². The third-order valence-corrected chi connectivity index (χ3v) is 7.41. The van der Waals surface area contributed by atoms with E-state index < -0.39 is 17.9 Å². The van der Waals surface area contributed by atoms with Crippen molar-refractivity contribution < 1.29 is 42.7 Å². The van der Waals surface area contributed by atoms with Crippen molar-refractivity contribution in [1.29, 1.82) is 0 Å². The van der Waals surface area contributed by atoms with Gasteiger partial charge >= 0.3 is 18.9 Å². The third-order valence-electron chi connectivity index (χ3n) is 6.52. The summed E-state index contributed by atoms with van der Waals surface area (Å²) in [7, 11) is 0. The number of aliphatic carboxylic acids is 1. The fraction of sp³-hybridized carbons (Fsp3) is 0.250. The molecule has 0 aliphatic carbocycles. The van der Waals surface area contributed by atoms with Crippen LogP contribution < -0.4 is 29.3 Å². The van der Waals surface area contributed by atoms with E-state index in [1.807, 2.05) is 86.0 Å². The summed E-state index contributed by atoms with van der Waals surface area (Å²) >= 11 is 7.49. The summed E-state index contributed by atoms with van der Waals surface area (Å²) in [5, 5.41) is 14.9. The Balaban J connectivity index is 0.00000462. The number of hydrogen-bond acceptors (Lipinski definition) is 6. The van der Waals surface area contributed by atoms with Crippen LogP contribution in [0.1, 0.15) is 33.7 Å². The van der Waals surface area contributed by atoms with Gasteiger partial charge in [0, 0.05) is 22.6 Å². The number of benzene rings is 3. The van der Waals surface area contributed by atoms with Gasteiger partial charge in [0.25, 0.3) is 5.91 Å². The number of rotatable bonds is 13. The molecule has 0 saturated heterocycles. The van der Waals surface area contributed by atoms with Crippen LogP contribution in [0.5, 0.6) is 0 Å². The number of hydrogen-bond donors (Lipinski definition) is 1. The van der Waals surface area contributed by atoms with Gasteiger partial charge < -0.3 is 24.4 Å². The van der Waals surface area contributed by atoms with Crippen LogP contribution in [-0.2, 0) is 22.6 Å². The van der Waals surface area contributed by atoms with Crippen molar-refractivity contribution >= 4 is 35.2 Å². The number of carbonyl (C=O) groups is 2. The Morgan fingerprint density at radius 3 is 2.49 bits per heavy atom. The Morgan fingerprint density at radius 1 is 1.02 bits per heavy atom. The number of thioether (sulfide) groups is 1. The minimum absolute atomic E-state index is 0. The zero-order chi connectivity index (χ0) is 28.5. The summed E-state index contributed by atoms with van der Waals surface area (Å²) in [6.07, 6.45) is 2.79. The SMILES string of the molecule is CSCC[C@H](NC(=O)c1ccc(COCCc2ccc(-c3ccc(Cl)cc3)o2)cc1-c1ccccc1C)C(=O)[O-].[Li+]. The van der Waals surface area contributed by atoms with Crippen molar-refractivity contribution in [3.8, 4) is 22.5 Å². The van der Waals surface area contributed by atoms with E-state index >= 15 is 0 Å². The molecule has 1 atom stereocenters. The smallest absolute Gasteiger partial charge is 0.548 e. The van der Waals surface area contributed by atoms with E-state index in [1.165, 1.54) is 11.8 Å². The average Bonchev–Trinajstić information content (AvgIpc) is 3.42. The fourth-order valence-corrected chi connectivity index (χ4v) is 4.94. The first-order chi connectivity index (χ1) is 19.4. The zero-order valence-corrected chi connectivity index (χ0v) is 25.0. The maximum Gasteiger partial charge on any atom is 1.00 e. The number of aryl methyl sites for hydroxylation is 1. The first-order valence-corrected chi connectivity index (χ1v) is 14.7. The molecule has 3 aromatic carbocycles. The van der Waals surface area contributed by atoms with Gasteiger partial charge in [-0.15, -0.1) is 0 Å². The van der Waals surface area contributed by atoms with Crippen LogP contribution in [-0.4, -0.2) is 36.5 Å². The summed E-state index contributed by atoms with van der Waals surface area (Å²) in [5.41, 5.74) is 4.88. The number of carboxylic acid groups (broad SMARTS) is 1. The van der Waals surface area contributed by atoms with Crippen molar-refractivity contribution in [3.63, 3.8) is 0 Å². The van der Waals surface area contributed by atoms with Crippen LogP contribution in [0.25, 0.3) is 22.5 Å². The van der Waals surface area contributed by atoms with Gasteiger partial charge in [-0.1, -0.05) is 41.9 Å². The molecule has 0 aliphatic rings. The molecule has 1 heterocycles. The second-order valence-electron chi connectivity index (χ2n) is 9.40. The Kier molecular flexibility index (Phi) is 12.6. The van der Waals surface area contributed by atoms with Crippen LogP contribution in [0.2, 0.25) is 5.02 Å². The van der Waals surface area contributed by atoms with Gasteiger partial charge in [0.15, 0.2) is 0 Å². The quantitative estimate of drug-likeness (QED) is 0.192. The Hall–Kier alpha value is -2.92. The molecule has 0 saturated carbocycles.